The lowest BCUT2D eigenvalue weighted by molar-refractivity contribution is 0.480. The van der Waals surface area contributed by atoms with Crippen molar-refractivity contribution in [3.8, 4) is 0 Å². The van der Waals surface area contributed by atoms with Crippen LogP contribution in [0.5, 0.6) is 0 Å². The van der Waals surface area contributed by atoms with Crippen molar-refractivity contribution in [2.24, 2.45) is 17.8 Å². The van der Waals surface area contributed by atoms with E-state index in [1.807, 2.05) is 11.3 Å². The van der Waals surface area contributed by atoms with Gasteiger partial charge in [-0.25, -0.2) is 0 Å². The Morgan fingerprint density at radius 1 is 1.29 bits per heavy atom. The summed E-state index contributed by atoms with van der Waals surface area (Å²) >= 11 is 9.07. The molecule has 1 nitrogen and oxygen atoms in total. The van der Waals surface area contributed by atoms with Crippen LogP contribution >= 0.6 is 43.2 Å². The summed E-state index contributed by atoms with van der Waals surface area (Å²) in [5.41, 5.74) is 0. The molecule has 4 heteroatoms. The van der Waals surface area contributed by atoms with E-state index in [4.69, 9.17) is 0 Å². The Kier molecular flexibility index (Phi) is 3.68. The quantitative estimate of drug-likeness (QED) is 0.782. The molecule has 1 N–H and O–H groups in total. The molecule has 3 unspecified atom stereocenters. The van der Waals surface area contributed by atoms with Gasteiger partial charge in [-0.05, 0) is 75.6 Å². The summed E-state index contributed by atoms with van der Waals surface area (Å²) in [6.45, 7) is 0. The van der Waals surface area contributed by atoms with E-state index in [2.05, 4.69) is 50.3 Å². The maximum Gasteiger partial charge on any atom is 0.0843 e. The molecule has 3 atom stereocenters. The molecule has 17 heavy (non-hydrogen) atoms. The van der Waals surface area contributed by atoms with Gasteiger partial charge in [0.05, 0.1) is 3.79 Å². The van der Waals surface area contributed by atoms with Crippen molar-refractivity contribution in [1.82, 2.24) is 5.32 Å². The van der Waals surface area contributed by atoms with Crippen LogP contribution in [0.3, 0.4) is 0 Å². The summed E-state index contributed by atoms with van der Waals surface area (Å²) in [6, 6.07) is 2.84. The molecule has 0 aliphatic heterocycles. The van der Waals surface area contributed by atoms with Gasteiger partial charge in [0, 0.05) is 15.4 Å². The molecular weight excluding hydrogens is 362 g/mol. The Labute approximate surface area is 124 Å². The first kappa shape index (κ1) is 12.6. The van der Waals surface area contributed by atoms with E-state index in [9.17, 15) is 0 Å². The van der Waals surface area contributed by atoms with Crippen molar-refractivity contribution >= 4 is 43.2 Å². The zero-order chi connectivity index (χ0) is 12.0. The zero-order valence-electron chi connectivity index (χ0n) is 9.88. The minimum atomic E-state index is 0.565. The molecule has 1 heterocycles. The Hall–Kier alpha value is 0.620. The Balaban J connectivity index is 1.80. The monoisotopic (exact) mass is 377 g/mol. The van der Waals surface area contributed by atoms with Crippen LogP contribution in [0.1, 0.15) is 36.6 Å². The van der Waals surface area contributed by atoms with Gasteiger partial charge in [-0.3, -0.25) is 0 Å². The predicted molar refractivity (Wildman–Crippen MR) is 80.5 cm³/mol. The van der Waals surface area contributed by atoms with Crippen molar-refractivity contribution in [3.05, 3.63) is 19.2 Å². The van der Waals surface area contributed by atoms with Crippen LogP contribution in [-0.4, -0.2) is 7.05 Å². The smallest absolute Gasteiger partial charge is 0.0843 e. The molecule has 2 fully saturated rings. The predicted octanol–water partition coefficient (Wildman–Crippen LogP) is 4.97. The molecule has 0 radical (unpaired) electrons. The summed E-state index contributed by atoms with van der Waals surface area (Å²) in [5.74, 6) is 2.89. The lowest BCUT2D eigenvalue weighted by Gasteiger charge is -2.14. The molecule has 3 rings (SSSR count). The zero-order valence-corrected chi connectivity index (χ0v) is 13.9. The number of nitrogens with one attached hydrogen (secondary N) is 1. The minimum Gasteiger partial charge on any atom is -0.312 e. The Bertz CT molecular complexity index is 386. The molecule has 2 aliphatic rings. The molecule has 94 valence electrons. The topological polar surface area (TPSA) is 12.0 Å². The summed E-state index contributed by atoms with van der Waals surface area (Å²) in [7, 11) is 2.11. The molecule has 1 aromatic heterocycles. The first-order chi connectivity index (χ1) is 8.22. The third-order valence-electron chi connectivity index (χ3n) is 4.39. The van der Waals surface area contributed by atoms with E-state index in [1.54, 1.807) is 0 Å². The maximum absolute atomic E-state index is 3.60. The van der Waals surface area contributed by atoms with Gasteiger partial charge in [-0.2, -0.15) is 0 Å². The number of hydrogen-bond acceptors (Lipinski definition) is 2. The maximum atomic E-state index is 3.60. The Morgan fingerprint density at radius 3 is 2.41 bits per heavy atom. The average Bonchev–Trinajstić information content (AvgIpc) is 2.95. The van der Waals surface area contributed by atoms with E-state index < -0.39 is 0 Å². The fourth-order valence-electron chi connectivity index (χ4n) is 3.58. The molecule has 0 bridgehead atoms. The SMILES string of the molecule is CNC(c1cc(Br)c(Br)s1)C1C2CCCCC21. The van der Waals surface area contributed by atoms with Gasteiger partial charge in [-0.15, -0.1) is 11.3 Å². The molecule has 0 amide bonds. The number of rotatable bonds is 3. The first-order valence-corrected chi connectivity index (χ1v) is 8.74. The van der Waals surface area contributed by atoms with Crippen molar-refractivity contribution in [3.63, 3.8) is 0 Å². The summed E-state index contributed by atoms with van der Waals surface area (Å²) in [5, 5.41) is 3.55. The van der Waals surface area contributed by atoms with Gasteiger partial charge in [0.25, 0.3) is 0 Å². The van der Waals surface area contributed by atoms with Crippen LogP contribution < -0.4 is 5.32 Å². The standard InChI is InChI=1S/C13H17Br2NS/c1-16-12(10-6-9(14)13(15)17-10)11-7-4-2-3-5-8(7)11/h6-8,11-12,16H,2-5H2,1H3. The van der Waals surface area contributed by atoms with Gasteiger partial charge in [0.15, 0.2) is 0 Å². The largest absolute Gasteiger partial charge is 0.312 e. The Morgan fingerprint density at radius 2 is 1.94 bits per heavy atom. The van der Waals surface area contributed by atoms with Gasteiger partial charge in [0.1, 0.15) is 0 Å². The third-order valence-corrected chi connectivity index (χ3v) is 7.73. The number of hydrogen-bond donors (Lipinski definition) is 1. The summed E-state index contributed by atoms with van der Waals surface area (Å²) in [4.78, 5) is 1.48. The lowest BCUT2D eigenvalue weighted by atomic mass is 10.0. The fourth-order valence-corrected chi connectivity index (χ4v) is 5.84. The molecule has 2 saturated carbocycles. The van der Waals surface area contributed by atoms with Crippen molar-refractivity contribution in [2.75, 3.05) is 7.05 Å². The molecule has 0 saturated heterocycles. The molecule has 2 aliphatic carbocycles. The van der Waals surface area contributed by atoms with Gasteiger partial charge in [0.2, 0.25) is 0 Å². The molecular formula is C13H17Br2NS. The van der Waals surface area contributed by atoms with Gasteiger partial charge >= 0.3 is 0 Å². The average molecular weight is 379 g/mol. The fraction of sp³-hybridized carbons (Fsp3) is 0.692. The molecule has 1 aromatic rings. The summed E-state index contributed by atoms with van der Waals surface area (Å²) in [6.07, 6.45) is 5.82. The second-order valence-electron chi connectivity index (χ2n) is 5.23. The second-order valence-corrected chi connectivity index (χ2v) is 8.48. The number of halogens is 2. The van der Waals surface area contributed by atoms with E-state index in [0.29, 0.717) is 6.04 Å². The highest BCUT2D eigenvalue weighted by molar-refractivity contribution is 9.13. The summed E-state index contributed by atoms with van der Waals surface area (Å²) < 4.78 is 2.41. The van der Waals surface area contributed by atoms with Crippen LogP contribution in [0.2, 0.25) is 0 Å². The van der Waals surface area contributed by atoms with Crippen molar-refractivity contribution in [2.45, 2.75) is 31.7 Å². The highest BCUT2D eigenvalue weighted by Crippen LogP contribution is 2.61. The van der Waals surface area contributed by atoms with Crippen LogP contribution in [0.15, 0.2) is 14.3 Å². The first-order valence-electron chi connectivity index (χ1n) is 6.34. The van der Waals surface area contributed by atoms with Crippen LogP contribution in [0.4, 0.5) is 0 Å². The minimum absolute atomic E-state index is 0.565. The number of fused-ring (bicyclic) bond motifs is 1. The lowest BCUT2D eigenvalue weighted by Crippen LogP contribution is -2.18. The van der Waals surface area contributed by atoms with E-state index in [0.717, 1.165) is 17.8 Å². The second kappa shape index (κ2) is 4.95. The van der Waals surface area contributed by atoms with Crippen LogP contribution in [0, 0.1) is 17.8 Å². The number of thiophene rings is 1. The van der Waals surface area contributed by atoms with Crippen LogP contribution in [-0.2, 0) is 0 Å². The highest BCUT2D eigenvalue weighted by Gasteiger charge is 2.54. The van der Waals surface area contributed by atoms with Gasteiger partial charge in [-0.1, -0.05) is 12.8 Å². The molecule has 0 aromatic carbocycles. The van der Waals surface area contributed by atoms with E-state index >= 15 is 0 Å². The van der Waals surface area contributed by atoms with E-state index in [-0.39, 0.29) is 0 Å². The van der Waals surface area contributed by atoms with E-state index in [1.165, 1.54) is 38.8 Å². The van der Waals surface area contributed by atoms with Crippen LogP contribution in [0.25, 0.3) is 0 Å². The normalized spacial score (nSPS) is 33.2. The van der Waals surface area contributed by atoms with Crippen molar-refractivity contribution < 1.29 is 0 Å². The van der Waals surface area contributed by atoms with Gasteiger partial charge < -0.3 is 5.32 Å². The highest BCUT2D eigenvalue weighted by atomic mass is 79.9. The third kappa shape index (κ3) is 2.26. The van der Waals surface area contributed by atoms with Crippen molar-refractivity contribution in [1.29, 1.82) is 0 Å². The molecule has 0 spiro atoms.